The van der Waals surface area contributed by atoms with Crippen molar-refractivity contribution in [1.29, 1.82) is 0 Å². The summed E-state index contributed by atoms with van der Waals surface area (Å²) in [5.74, 6) is 3.67. The van der Waals surface area contributed by atoms with Gasteiger partial charge in [0.2, 0.25) is 0 Å². The second-order valence-electron chi connectivity index (χ2n) is 13.1. The van der Waals surface area contributed by atoms with Crippen LogP contribution < -0.4 is 4.74 Å². The van der Waals surface area contributed by atoms with Crippen molar-refractivity contribution in [3.8, 4) is 56.8 Å². The van der Waals surface area contributed by atoms with Gasteiger partial charge in [-0.1, -0.05) is 146 Å². The topological polar surface area (TPSA) is 47.9 Å². The van der Waals surface area contributed by atoms with Crippen LogP contribution in [-0.2, 0) is 5.41 Å². The van der Waals surface area contributed by atoms with Crippen molar-refractivity contribution in [2.45, 2.75) is 5.41 Å². The summed E-state index contributed by atoms with van der Waals surface area (Å²) in [6.45, 7) is 0. The first kappa shape index (κ1) is 28.4. The molecule has 0 saturated heterocycles. The van der Waals surface area contributed by atoms with Crippen molar-refractivity contribution >= 4 is 31.5 Å². The Bertz CT molecular complexity index is 2740. The van der Waals surface area contributed by atoms with Gasteiger partial charge in [0.15, 0.2) is 17.5 Å². The highest BCUT2D eigenvalue weighted by atomic mass is 32.1. The molecule has 51 heavy (non-hydrogen) atoms. The molecular weight excluding hydrogens is 643 g/mol. The normalized spacial score (nSPS) is 13.4. The fraction of sp³-hybridized carbons (Fsp3) is 0.0217. The highest BCUT2D eigenvalue weighted by Crippen LogP contribution is 2.63. The number of para-hydroxylation sites is 1. The largest absolute Gasteiger partial charge is 0.456 e. The molecule has 238 valence electrons. The summed E-state index contributed by atoms with van der Waals surface area (Å²) in [6.07, 6.45) is 0. The lowest BCUT2D eigenvalue weighted by Gasteiger charge is -2.39. The van der Waals surface area contributed by atoms with Crippen LogP contribution in [0.2, 0.25) is 0 Å². The molecule has 9 aromatic rings. The molecule has 2 aliphatic rings. The number of hydrogen-bond donors (Lipinski definition) is 0. The molecule has 1 spiro atoms. The van der Waals surface area contributed by atoms with Crippen LogP contribution in [0.4, 0.5) is 0 Å². The average Bonchev–Trinajstić information content (AvgIpc) is 3.73. The van der Waals surface area contributed by atoms with Gasteiger partial charge >= 0.3 is 0 Å². The van der Waals surface area contributed by atoms with E-state index in [-0.39, 0.29) is 0 Å². The molecule has 1 aliphatic heterocycles. The zero-order valence-electron chi connectivity index (χ0n) is 27.2. The Hall–Kier alpha value is -6.43. The SMILES string of the molecule is c1ccc(-c2nc(-c3ccccc3)nc(-c3cccc4sc5ccc6c(c5c34)Oc3ccccc3C63c4ccccc4-c4ccccc43)n2)cc1. The summed E-state index contributed by atoms with van der Waals surface area (Å²) in [4.78, 5) is 15.3. The molecule has 0 amide bonds. The van der Waals surface area contributed by atoms with Gasteiger partial charge in [0.05, 0.1) is 5.41 Å². The predicted octanol–water partition coefficient (Wildman–Crippen LogP) is 11.7. The van der Waals surface area contributed by atoms with Gasteiger partial charge in [-0.3, -0.25) is 0 Å². The summed E-state index contributed by atoms with van der Waals surface area (Å²) in [5.41, 5.74) is 9.68. The molecule has 0 unspecified atom stereocenters. The van der Waals surface area contributed by atoms with E-state index < -0.39 is 5.41 Å². The van der Waals surface area contributed by atoms with Gasteiger partial charge in [-0.2, -0.15) is 0 Å². The first-order valence-electron chi connectivity index (χ1n) is 17.1. The molecule has 1 aliphatic carbocycles. The molecule has 0 bridgehead atoms. The molecule has 3 heterocycles. The third-order valence-electron chi connectivity index (χ3n) is 10.4. The number of ether oxygens (including phenoxy) is 1. The number of aromatic nitrogens is 3. The summed E-state index contributed by atoms with van der Waals surface area (Å²) in [7, 11) is 0. The van der Waals surface area contributed by atoms with Gasteiger partial charge in [-0.15, -0.1) is 11.3 Å². The lowest BCUT2D eigenvalue weighted by Crippen LogP contribution is -2.32. The Morgan fingerprint density at radius 3 is 1.59 bits per heavy atom. The molecule has 7 aromatic carbocycles. The van der Waals surface area contributed by atoms with Crippen molar-refractivity contribution in [3.63, 3.8) is 0 Å². The maximum atomic E-state index is 7.10. The Labute approximate surface area is 298 Å². The van der Waals surface area contributed by atoms with E-state index in [1.54, 1.807) is 11.3 Å². The van der Waals surface area contributed by atoms with Crippen LogP contribution in [0.3, 0.4) is 0 Å². The van der Waals surface area contributed by atoms with E-state index in [1.807, 2.05) is 60.7 Å². The fourth-order valence-corrected chi connectivity index (χ4v) is 9.46. The zero-order chi connectivity index (χ0) is 33.5. The van der Waals surface area contributed by atoms with Crippen molar-refractivity contribution in [2.24, 2.45) is 0 Å². The predicted molar refractivity (Wildman–Crippen MR) is 206 cm³/mol. The summed E-state index contributed by atoms with van der Waals surface area (Å²) in [6, 6.07) is 57.6. The molecule has 0 atom stereocenters. The standard InChI is InChI=1S/C46H27N3OS/c1-3-14-28(15-4-1)43-47-44(29-16-5-2-6-17-29)49-45(48-43)32-20-13-25-38-40(32)41-39(51-38)27-26-36-42(41)50-37-24-12-11-23-35(37)46(36)33-21-9-7-18-30(33)31-19-8-10-22-34(31)46/h1-27H. The number of hydrogen-bond acceptors (Lipinski definition) is 5. The van der Waals surface area contributed by atoms with Crippen LogP contribution in [-0.4, -0.2) is 15.0 Å². The van der Waals surface area contributed by atoms with Crippen LogP contribution in [0.1, 0.15) is 22.3 Å². The van der Waals surface area contributed by atoms with Gasteiger partial charge in [0.1, 0.15) is 11.5 Å². The maximum Gasteiger partial charge on any atom is 0.164 e. The summed E-state index contributed by atoms with van der Waals surface area (Å²) in [5, 5.41) is 2.18. The molecule has 0 radical (unpaired) electrons. The van der Waals surface area contributed by atoms with Crippen LogP contribution >= 0.6 is 11.3 Å². The van der Waals surface area contributed by atoms with Crippen LogP contribution in [0, 0.1) is 0 Å². The quantitative estimate of drug-likeness (QED) is 0.188. The van der Waals surface area contributed by atoms with E-state index in [2.05, 4.69) is 103 Å². The second kappa shape index (κ2) is 10.8. The molecule has 0 saturated carbocycles. The third kappa shape index (κ3) is 3.98. The minimum atomic E-state index is -0.539. The molecule has 11 rings (SSSR count). The van der Waals surface area contributed by atoms with Gasteiger partial charge in [0, 0.05) is 48.0 Å². The molecule has 2 aromatic heterocycles. The summed E-state index contributed by atoms with van der Waals surface area (Å²) >= 11 is 1.78. The van der Waals surface area contributed by atoms with Gasteiger partial charge in [-0.05, 0) is 40.5 Å². The highest BCUT2D eigenvalue weighted by molar-refractivity contribution is 7.26. The van der Waals surface area contributed by atoms with E-state index in [1.165, 1.54) is 22.3 Å². The van der Waals surface area contributed by atoms with E-state index in [4.69, 9.17) is 19.7 Å². The number of thiophene rings is 1. The van der Waals surface area contributed by atoms with Gasteiger partial charge < -0.3 is 4.74 Å². The van der Waals surface area contributed by atoms with Crippen molar-refractivity contribution in [3.05, 3.63) is 186 Å². The maximum absolute atomic E-state index is 7.10. The molecule has 0 fully saturated rings. The lowest BCUT2D eigenvalue weighted by molar-refractivity contribution is 0.442. The number of fused-ring (bicyclic) bond motifs is 13. The lowest BCUT2D eigenvalue weighted by atomic mass is 9.66. The molecule has 4 nitrogen and oxygen atoms in total. The highest BCUT2D eigenvalue weighted by Gasteiger charge is 2.51. The second-order valence-corrected chi connectivity index (χ2v) is 14.2. The average molecular weight is 670 g/mol. The fourth-order valence-electron chi connectivity index (χ4n) is 8.33. The molecule has 5 heteroatoms. The Kier molecular flexibility index (Phi) is 6.01. The van der Waals surface area contributed by atoms with E-state index in [0.29, 0.717) is 17.5 Å². The van der Waals surface area contributed by atoms with Crippen molar-refractivity contribution < 1.29 is 4.74 Å². The first-order valence-corrected chi connectivity index (χ1v) is 17.9. The number of benzene rings is 7. The molecular formula is C46H27N3OS. The van der Waals surface area contributed by atoms with E-state index in [9.17, 15) is 0 Å². The summed E-state index contributed by atoms with van der Waals surface area (Å²) < 4.78 is 9.42. The Balaban J connectivity index is 1.24. The van der Waals surface area contributed by atoms with Crippen LogP contribution in [0.25, 0.3) is 65.5 Å². The minimum Gasteiger partial charge on any atom is -0.456 e. The van der Waals surface area contributed by atoms with Crippen LogP contribution in [0.15, 0.2) is 164 Å². The minimum absolute atomic E-state index is 0.539. The zero-order valence-corrected chi connectivity index (χ0v) is 28.1. The third-order valence-corrected chi connectivity index (χ3v) is 11.5. The Morgan fingerprint density at radius 2 is 0.922 bits per heavy atom. The van der Waals surface area contributed by atoms with E-state index >= 15 is 0 Å². The monoisotopic (exact) mass is 669 g/mol. The molecule has 0 N–H and O–H groups in total. The van der Waals surface area contributed by atoms with Gasteiger partial charge in [0.25, 0.3) is 0 Å². The smallest absolute Gasteiger partial charge is 0.164 e. The Morgan fingerprint density at radius 1 is 0.392 bits per heavy atom. The van der Waals surface area contributed by atoms with Crippen molar-refractivity contribution in [2.75, 3.05) is 0 Å². The first-order chi connectivity index (χ1) is 25.3. The van der Waals surface area contributed by atoms with Crippen molar-refractivity contribution in [1.82, 2.24) is 15.0 Å². The van der Waals surface area contributed by atoms with Crippen LogP contribution in [0.5, 0.6) is 11.5 Å². The number of nitrogens with zero attached hydrogens (tertiary/aromatic N) is 3. The number of rotatable bonds is 3. The van der Waals surface area contributed by atoms with Gasteiger partial charge in [-0.25, -0.2) is 15.0 Å². The van der Waals surface area contributed by atoms with E-state index in [0.717, 1.165) is 59.5 Å².